The van der Waals surface area contributed by atoms with Gasteiger partial charge in [0.25, 0.3) is 0 Å². The Hall–Kier alpha value is -1.20. The lowest BCUT2D eigenvalue weighted by atomic mass is 10.2. The smallest absolute Gasteiger partial charge is 0.0912 e. The Balaban J connectivity index is 2.80. The van der Waals surface area contributed by atoms with Gasteiger partial charge in [-0.2, -0.15) is 5.26 Å². The van der Waals surface area contributed by atoms with Crippen LogP contribution in [-0.4, -0.2) is 5.75 Å². The maximum absolute atomic E-state index is 8.36. The highest BCUT2D eigenvalue weighted by molar-refractivity contribution is 7.99. The van der Waals surface area contributed by atoms with Crippen molar-refractivity contribution in [1.82, 2.24) is 0 Å². The average Bonchev–Trinajstić information content (AvgIpc) is 2.16. The summed E-state index contributed by atoms with van der Waals surface area (Å²) < 4.78 is 0. The summed E-state index contributed by atoms with van der Waals surface area (Å²) in [6.45, 7) is 2.13. The van der Waals surface area contributed by atoms with E-state index >= 15 is 0 Å². The maximum atomic E-state index is 8.36. The summed E-state index contributed by atoms with van der Waals surface area (Å²) in [4.78, 5) is 1.25. The fraction of sp³-hybridized carbons (Fsp3) is 0.182. The molecule has 1 nitrogen and oxygen atoms in total. The summed E-state index contributed by atoms with van der Waals surface area (Å²) in [5.41, 5.74) is 1.08. The third-order valence-corrected chi connectivity index (χ3v) is 2.40. The van der Waals surface area contributed by atoms with Crippen LogP contribution in [0.15, 0.2) is 35.2 Å². The Labute approximate surface area is 83.1 Å². The van der Waals surface area contributed by atoms with Crippen LogP contribution in [0.3, 0.4) is 0 Å². The van der Waals surface area contributed by atoms with Gasteiger partial charge in [0.05, 0.1) is 6.07 Å². The van der Waals surface area contributed by atoms with Crippen molar-refractivity contribution in [3.05, 3.63) is 35.9 Å². The van der Waals surface area contributed by atoms with E-state index in [-0.39, 0.29) is 0 Å². The van der Waals surface area contributed by atoms with Crippen molar-refractivity contribution < 1.29 is 0 Å². The molecule has 66 valence electrons. The number of hydrogen-bond donors (Lipinski definition) is 0. The van der Waals surface area contributed by atoms with Gasteiger partial charge < -0.3 is 0 Å². The van der Waals surface area contributed by atoms with Gasteiger partial charge in [-0.25, -0.2) is 0 Å². The molecule has 0 unspecified atom stereocenters. The number of hydrogen-bond acceptors (Lipinski definition) is 2. The number of nitrogens with zero attached hydrogens (tertiary/aromatic N) is 1. The van der Waals surface area contributed by atoms with Crippen LogP contribution in [0.5, 0.6) is 0 Å². The first kappa shape index (κ1) is 9.88. The average molecular weight is 189 g/mol. The number of allylic oxidation sites excluding steroid dienone is 1. The fourth-order valence-corrected chi connectivity index (χ4v) is 1.74. The zero-order valence-corrected chi connectivity index (χ0v) is 8.34. The molecule has 2 heteroatoms. The molecule has 0 aliphatic rings. The van der Waals surface area contributed by atoms with Crippen LogP contribution < -0.4 is 0 Å². The minimum Gasteiger partial charge on any atom is -0.193 e. The Kier molecular flexibility index (Phi) is 4.14. The Bertz CT molecular complexity index is 336. The minimum atomic E-state index is 1.07. The van der Waals surface area contributed by atoms with E-state index in [2.05, 4.69) is 19.1 Å². The van der Waals surface area contributed by atoms with Crippen molar-refractivity contribution in [2.75, 3.05) is 5.75 Å². The molecule has 0 radical (unpaired) electrons. The molecule has 0 aliphatic heterocycles. The van der Waals surface area contributed by atoms with E-state index < -0.39 is 0 Å². The van der Waals surface area contributed by atoms with Crippen molar-refractivity contribution in [2.45, 2.75) is 11.8 Å². The molecule has 1 aromatic rings. The lowest BCUT2D eigenvalue weighted by Crippen LogP contribution is -1.75. The highest BCUT2D eigenvalue weighted by Crippen LogP contribution is 2.18. The van der Waals surface area contributed by atoms with E-state index in [0.717, 1.165) is 11.3 Å². The molecule has 0 fully saturated rings. The van der Waals surface area contributed by atoms with Crippen LogP contribution in [-0.2, 0) is 0 Å². The van der Waals surface area contributed by atoms with Crippen LogP contribution >= 0.6 is 11.8 Å². The van der Waals surface area contributed by atoms with Crippen molar-refractivity contribution >= 4 is 17.8 Å². The highest BCUT2D eigenvalue weighted by atomic mass is 32.2. The number of thioether (sulfide) groups is 1. The van der Waals surface area contributed by atoms with E-state index in [0.29, 0.717) is 0 Å². The van der Waals surface area contributed by atoms with Crippen LogP contribution in [0.1, 0.15) is 12.5 Å². The van der Waals surface area contributed by atoms with Crippen LogP contribution in [0.4, 0.5) is 0 Å². The summed E-state index contributed by atoms with van der Waals surface area (Å²) in [5, 5.41) is 8.36. The molecule has 1 aromatic carbocycles. The van der Waals surface area contributed by atoms with E-state index in [1.54, 1.807) is 11.8 Å². The molecular weight excluding hydrogens is 178 g/mol. The third-order valence-electron chi connectivity index (χ3n) is 1.52. The molecule has 0 spiro atoms. The molecule has 13 heavy (non-hydrogen) atoms. The van der Waals surface area contributed by atoms with E-state index in [9.17, 15) is 0 Å². The van der Waals surface area contributed by atoms with Gasteiger partial charge in [-0.15, -0.1) is 11.8 Å². The summed E-state index contributed by atoms with van der Waals surface area (Å²) in [5.74, 6) is 1.07. The molecule has 0 aromatic heterocycles. The molecule has 0 atom stereocenters. The zero-order chi connectivity index (χ0) is 9.52. The Morgan fingerprint density at radius 2 is 2.38 bits per heavy atom. The first-order valence-electron chi connectivity index (χ1n) is 4.16. The van der Waals surface area contributed by atoms with E-state index in [1.807, 2.05) is 24.3 Å². The molecule has 0 heterocycles. The molecule has 0 N–H and O–H groups in total. The first-order valence-corrected chi connectivity index (χ1v) is 5.14. The molecule has 1 rings (SSSR count). The number of benzene rings is 1. The first-order chi connectivity index (χ1) is 6.36. The van der Waals surface area contributed by atoms with Crippen LogP contribution in [0.2, 0.25) is 0 Å². The summed E-state index contributed by atoms with van der Waals surface area (Å²) >= 11 is 1.81. The van der Waals surface area contributed by atoms with Crippen LogP contribution in [0.25, 0.3) is 6.08 Å². The zero-order valence-electron chi connectivity index (χ0n) is 7.53. The van der Waals surface area contributed by atoms with Gasteiger partial charge in [-0.3, -0.25) is 0 Å². The molecule has 0 aliphatic carbocycles. The van der Waals surface area contributed by atoms with Crippen molar-refractivity contribution in [2.24, 2.45) is 0 Å². The van der Waals surface area contributed by atoms with Crippen molar-refractivity contribution in [3.8, 4) is 6.07 Å². The maximum Gasteiger partial charge on any atom is 0.0912 e. The lowest BCUT2D eigenvalue weighted by Gasteiger charge is -1.98. The predicted molar refractivity (Wildman–Crippen MR) is 57.5 cm³/mol. The SMILES string of the molecule is CCSc1cccc(C=CC#N)c1. The largest absolute Gasteiger partial charge is 0.193 e. The third kappa shape index (κ3) is 3.35. The van der Waals surface area contributed by atoms with Crippen LogP contribution in [0, 0.1) is 11.3 Å². The second-order valence-electron chi connectivity index (χ2n) is 2.47. The Morgan fingerprint density at radius 3 is 3.08 bits per heavy atom. The molecular formula is C11H11NS. The number of nitriles is 1. The molecule has 0 saturated heterocycles. The number of rotatable bonds is 3. The summed E-state index contributed by atoms with van der Waals surface area (Å²) in [7, 11) is 0. The topological polar surface area (TPSA) is 23.8 Å². The van der Waals surface area contributed by atoms with E-state index in [1.165, 1.54) is 11.0 Å². The molecule has 0 saturated carbocycles. The second-order valence-corrected chi connectivity index (χ2v) is 3.81. The van der Waals surface area contributed by atoms with Crippen molar-refractivity contribution in [3.63, 3.8) is 0 Å². The Morgan fingerprint density at radius 1 is 1.54 bits per heavy atom. The standard InChI is InChI=1S/C11H11NS/c1-2-13-11-7-3-5-10(9-11)6-4-8-12/h3-7,9H,2H2,1H3. The summed E-state index contributed by atoms with van der Waals surface area (Å²) in [6, 6.07) is 10.1. The van der Waals surface area contributed by atoms with Gasteiger partial charge in [0.15, 0.2) is 0 Å². The quantitative estimate of drug-likeness (QED) is 0.538. The van der Waals surface area contributed by atoms with Gasteiger partial charge >= 0.3 is 0 Å². The normalized spacial score (nSPS) is 10.2. The fourth-order valence-electron chi connectivity index (χ4n) is 1.01. The predicted octanol–water partition coefficient (Wildman–Crippen LogP) is 3.34. The van der Waals surface area contributed by atoms with Gasteiger partial charge in [-0.05, 0) is 29.5 Å². The van der Waals surface area contributed by atoms with Gasteiger partial charge in [0.1, 0.15) is 0 Å². The minimum absolute atomic E-state index is 1.07. The van der Waals surface area contributed by atoms with Gasteiger partial charge in [0.2, 0.25) is 0 Å². The molecule has 0 amide bonds. The van der Waals surface area contributed by atoms with Gasteiger partial charge in [0, 0.05) is 11.0 Å². The van der Waals surface area contributed by atoms with Gasteiger partial charge in [-0.1, -0.05) is 19.1 Å². The monoisotopic (exact) mass is 189 g/mol. The van der Waals surface area contributed by atoms with E-state index in [4.69, 9.17) is 5.26 Å². The lowest BCUT2D eigenvalue weighted by molar-refractivity contribution is 1.42. The molecule has 0 bridgehead atoms. The second kappa shape index (κ2) is 5.45. The summed E-state index contributed by atoms with van der Waals surface area (Å²) in [6.07, 6.45) is 3.31. The van der Waals surface area contributed by atoms with Crippen molar-refractivity contribution in [1.29, 1.82) is 5.26 Å². The highest BCUT2D eigenvalue weighted by Gasteiger charge is 1.91.